The molecule has 1 N–H and O–H groups in total. The second-order valence-electron chi connectivity index (χ2n) is 6.15. The van der Waals surface area contributed by atoms with Crippen LogP contribution in [0.3, 0.4) is 0 Å². The maximum atomic E-state index is 12.4. The molecule has 1 aromatic rings. The van der Waals surface area contributed by atoms with Crippen molar-refractivity contribution in [3.63, 3.8) is 0 Å². The van der Waals surface area contributed by atoms with E-state index in [2.05, 4.69) is 9.62 Å². The largest absolute Gasteiger partial charge is 0.377 e. The Morgan fingerprint density at radius 3 is 2.52 bits per heavy atom. The molecular weight excluding hydrogens is 314 g/mol. The van der Waals surface area contributed by atoms with Gasteiger partial charge in [0.1, 0.15) is 0 Å². The Labute approximate surface area is 138 Å². The lowest BCUT2D eigenvalue weighted by Crippen LogP contribution is -2.52. The first kappa shape index (κ1) is 16.9. The molecule has 0 unspecified atom stereocenters. The average Bonchev–Trinajstić information content (AvgIpc) is 3.08. The molecule has 0 bridgehead atoms. The highest BCUT2D eigenvalue weighted by molar-refractivity contribution is 7.87. The van der Waals surface area contributed by atoms with Crippen molar-refractivity contribution < 1.29 is 13.2 Å². The van der Waals surface area contributed by atoms with Crippen LogP contribution in [0.15, 0.2) is 30.3 Å². The predicted molar refractivity (Wildman–Crippen MR) is 89.2 cm³/mol. The third kappa shape index (κ3) is 4.74. The summed E-state index contributed by atoms with van der Waals surface area (Å²) in [6.07, 6.45) is 2.59. The average molecular weight is 339 g/mol. The first-order valence-electron chi connectivity index (χ1n) is 8.26. The van der Waals surface area contributed by atoms with Crippen molar-refractivity contribution in [3.05, 3.63) is 35.9 Å². The summed E-state index contributed by atoms with van der Waals surface area (Å²) in [6, 6.07) is 9.58. The van der Waals surface area contributed by atoms with Crippen LogP contribution in [0.1, 0.15) is 18.4 Å². The molecule has 128 valence electrons. The Hall–Kier alpha value is -0.990. The van der Waals surface area contributed by atoms with E-state index in [-0.39, 0.29) is 0 Å². The van der Waals surface area contributed by atoms with Crippen LogP contribution in [0.4, 0.5) is 0 Å². The van der Waals surface area contributed by atoms with Gasteiger partial charge in [-0.15, -0.1) is 0 Å². The molecule has 1 aromatic carbocycles. The van der Waals surface area contributed by atoms with Gasteiger partial charge in [0.05, 0.1) is 6.10 Å². The van der Waals surface area contributed by atoms with Crippen LogP contribution in [-0.4, -0.2) is 63.1 Å². The molecule has 6 nitrogen and oxygen atoms in total. The number of nitrogens with one attached hydrogen (secondary N) is 1. The number of piperazine rings is 1. The van der Waals surface area contributed by atoms with E-state index in [4.69, 9.17) is 4.74 Å². The van der Waals surface area contributed by atoms with Crippen molar-refractivity contribution in [2.45, 2.75) is 25.5 Å². The van der Waals surface area contributed by atoms with E-state index >= 15 is 0 Å². The van der Waals surface area contributed by atoms with Gasteiger partial charge in [-0.2, -0.15) is 17.4 Å². The number of rotatable bonds is 6. The second-order valence-corrected chi connectivity index (χ2v) is 7.90. The summed E-state index contributed by atoms with van der Waals surface area (Å²) in [4.78, 5) is 2.30. The van der Waals surface area contributed by atoms with E-state index in [1.807, 2.05) is 30.3 Å². The maximum Gasteiger partial charge on any atom is 0.279 e. The van der Waals surface area contributed by atoms with Gasteiger partial charge in [0.15, 0.2) is 0 Å². The quantitative estimate of drug-likeness (QED) is 0.833. The minimum Gasteiger partial charge on any atom is -0.377 e. The summed E-state index contributed by atoms with van der Waals surface area (Å²) >= 11 is 0. The molecule has 23 heavy (non-hydrogen) atoms. The third-order valence-electron chi connectivity index (χ3n) is 4.46. The molecule has 2 saturated heterocycles. The van der Waals surface area contributed by atoms with Gasteiger partial charge < -0.3 is 4.74 Å². The topological polar surface area (TPSA) is 61.9 Å². The first-order valence-corrected chi connectivity index (χ1v) is 9.70. The Balaban J connectivity index is 1.46. The van der Waals surface area contributed by atoms with Crippen LogP contribution < -0.4 is 4.72 Å². The lowest BCUT2D eigenvalue weighted by molar-refractivity contribution is 0.0616. The van der Waals surface area contributed by atoms with Gasteiger partial charge in [0, 0.05) is 45.9 Å². The Kier molecular flexibility index (Phi) is 5.66. The molecule has 1 atom stereocenters. The van der Waals surface area contributed by atoms with Crippen molar-refractivity contribution in [1.82, 2.24) is 13.9 Å². The van der Waals surface area contributed by atoms with Gasteiger partial charge in [-0.3, -0.25) is 4.90 Å². The third-order valence-corrected chi connectivity index (χ3v) is 6.01. The fraction of sp³-hybridized carbons (Fsp3) is 0.625. The smallest absolute Gasteiger partial charge is 0.279 e. The highest BCUT2D eigenvalue weighted by atomic mass is 32.2. The zero-order valence-corrected chi connectivity index (χ0v) is 14.2. The fourth-order valence-corrected chi connectivity index (χ4v) is 4.27. The van der Waals surface area contributed by atoms with Crippen LogP contribution in [0.2, 0.25) is 0 Å². The van der Waals surface area contributed by atoms with E-state index in [0.717, 1.165) is 44.6 Å². The maximum absolute atomic E-state index is 12.4. The highest BCUT2D eigenvalue weighted by Gasteiger charge is 2.28. The zero-order valence-electron chi connectivity index (χ0n) is 13.4. The van der Waals surface area contributed by atoms with Gasteiger partial charge in [-0.05, 0) is 18.4 Å². The minimum atomic E-state index is -3.41. The number of hydrogen-bond donors (Lipinski definition) is 1. The van der Waals surface area contributed by atoms with Crippen LogP contribution in [0, 0.1) is 0 Å². The molecule has 0 saturated carbocycles. The van der Waals surface area contributed by atoms with Crippen molar-refractivity contribution in [2.75, 3.05) is 39.3 Å². The van der Waals surface area contributed by atoms with Gasteiger partial charge in [0.2, 0.25) is 0 Å². The molecule has 0 aliphatic carbocycles. The highest BCUT2D eigenvalue weighted by Crippen LogP contribution is 2.15. The van der Waals surface area contributed by atoms with E-state index in [0.29, 0.717) is 25.7 Å². The van der Waals surface area contributed by atoms with E-state index in [1.54, 1.807) is 4.31 Å². The summed E-state index contributed by atoms with van der Waals surface area (Å²) in [5.74, 6) is 0. The summed E-state index contributed by atoms with van der Waals surface area (Å²) in [7, 11) is -3.41. The Bertz CT molecular complexity index is 580. The normalized spacial score (nSPS) is 24.1. The van der Waals surface area contributed by atoms with E-state index in [9.17, 15) is 8.42 Å². The lowest BCUT2D eigenvalue weighted by atomic mass is 10.2. The molecule has 0 amide bonds. The van der Waals surface area contributed by atoms with Crippen molar-refractivity contribution in [2.24, 2.45) is 0 Å². The summed E-state index contributed by atoms with van der Waals surface area (Å²) in [5, 5.41) is 0. The van der Waals surface area contributed by atoms with Crippen molar-refractivity contribution in [1.29, 1.82) is 0 Å². The summed E-state index contributed by atoms with van der Waals surface area (Å²) in [5.41, 5.74) is 0.966. The van der Waals surface area contributed by atoms with Gasteiger partial charge in [-0.25, -0.2) is 0 Å². The number of nitrogens with zero attached hydrogens (tertiary/aromatic N) is 2. The van der Waals surface area contributed by atoms with E-state index < -0.39 is 10.2 Å². The number of benzene rings is 1. The first-order chi connectivity index (χ1) is 11.1. The van der Waals surface area contributed by atoms with Crippen LogP contribution in [0.25, 0.3) is 0 Å². The standard InChI is InChI=1S/C16H25N3O3S/c20-23(21,17-13-15-5-2-1-3-6-15)19-10-8-18(9-11-19)14-16-7-4-12-22-16/h1-3,5-6,16-17H,4,7-14H2/t16-/m1/s1. The predicted octanol–water partition coefficient (Wildman–Crippen LogP) is 0.818. The Morgan fingerprint density at radius 2 is 1.87 bits per heavy atom. The van der Waals surface area contributed by atoms with Gasteiger partial charge in [-0.1, -0.05) is 30.3 Å². The second kappa shape index (κ2) is 7.72. The molecule has 0 aromatic heterocycles. The van der Waals surface area contributed by atoms with E-state index in [1.165, 1.54) is 0 Å². The molecule has 0 spiro atoms. The Morgan fingerprint density at radius 1 is 1.13 bits per heavy atom. The van der Waals surface area contributed by atoms with Gasteiger partial charge >= 0.3 is 0 Å². The van der Waals surface area contributed by atoms with Gasteiger partial charge in [0.25, 0.3) is 10.2 Å². The van der Waals surface area contributed by atoms with Crippen molar-refractivity contribution in [3.8, 4) is 0 Å². The lowest BCUT2D eigenvalue weighted by Gasteiger charge is -2.34. The molecule has 7 heteroatoms. The molecule has 2 aliphatic rings. The molecular formula is C16H25N3O3S. The van der Waals surface area contributed by atoms with Crippen LogP contribution in [0.5, 0.6) is 0 Å². The molecule has 2 fully saturated rings. The monoisotopic (exact) mass is 339 g/mol. The number of ether oxygens (including phenoxy) is 1. The zero-order chi connectivity index (χ0) is 16.1. The number of hydrogen-bond acceptors (Lipinski definition) is 4. The molecule has 3 rings (SSSR count). The molecule has 0 radical (unpaired) electrons. The van der Waals surface area contributed by atoms with Crippen molar-refractivity contribution >= 4 is 10.2 Å². The summed E-state index contributed by atoms with van der Waals surface area (Å²) < 4.78 is 34.6. The molecule has 2 aliphatic heterocycles. The SMILES string of the molecule is O=S(=O)(NCc1ccccc1)N1CCN(C[C@H]2CCCO2)CC1. The minimum absolute atomic E-state index is 0.328. The van der Waals surface area contributed by atoms with Crippen LogP contribution >= 0.6 is 0 Å². The molecule has 2 heterocycles. The fourth-order valence-electron chi connectivity index (χ4n) is 3.09. The summed E-state index contributed by atoms with van der Waals surface area (Å²) in [6.45, 7) is 4.74. The van der Waals surface area contributed by atoms with Crippen LogP contribution in [-0.2, 0) is 21.5 Å².